The number of anilines is 1. The number of nitrogens with one attached hydrogen (secondary N) is 1. The minimum absolute atomic E-state index is 0.0512. The Morgan fingerprint density at radius 1 is 1.17 bits per heavy atom. The predicted molar refractivity (Wildman–Crippen MR) is 96.6 cm³/mol. The largest absolute Gasteiger partial charge is 0.395 e. The van der Waals surface area contributed by atoms with E-state index in [1.54, 1.807) is 35.2 Å². The number of nitrogens with zero attached hydrogens (tertiary/aromatic N) is 1. The van der Waals surface area contributed by atoms with E-state index in [0.29, 0.717) is 29.2 Å². The summed E-state index contributed by atoms with van der Waals surface area (Å²) in [5, 5.41) is 13.8. The van der Waals surface area contributed by atoms with Crippen molar-refractivity contribution < 1.29 is 14.7 Å². The summed E-state index contributed by atoms with van der Waals surface area (Å²) in [5.74, 6) is -0.262. The Balaban J connectivity index is 2.01. The van der Waals surface area contributed by atoms with Crippen LogP contribution < -0.4 is 5.32 Å². The van der Waals surface area contributed by atoms with Crippen molar-refractivity contribution in [3.63, 3.8) is 0 Å². The highest BCUT2D eigenvalue weighted by Crippen LogP contribution is 2.15. The van der Waals surface area contributed by atoms with Crippen molar-refractivity contribution in [2.75, 3.05) is 25.0 Å². The second-order valence-electron chi connectivity index (χ2n) is 5.38. The summed E-state index contributed by atoms with van der Waals surface area (Å²) in [7, 11) is 0. The van der Waals surface area contributed by atoms with Crippen LogP contribution in [0.4, 0.5) is 5.69 Å². The maximum absolute atomic E-state index is 12.5. The highest BCUT2D eigenvalue weighted by Gasteiger charge is 2.15. The van der Waals surface area contributed by atoms with Crippen LogP contribution in [0.5, 0.6) is 0 Å². The first-order valence-electron chi connectivity index (χ1n) is 8.00. The van der Waals surface area contributed by atoms with E-state index < -0.39 is 0 Å². The van der Waals surface area contributed by atoms with E-state index in [4.69, 9.17) is 5.11 Å². The number of carbonyl (C=O) groups is 2. The van der Waals surface area contributed by atoms with Gasteiger partial charge in [0, 0.05) is 24.3 Å². The Hall–Kier alpha value is -2.18. The Labute approximate surface area is 145 Å². The van der Waals surface area contributed by atoms with Gasteiger partial charge in [-0.05, 0) is 42.1 Å². The van der Waals surface area contributed by atoms with E-state index >= 15 is 0 Å². The molecule has 128 valence electrons. The van der Waals surface area contributed by atoms with E-state index in [1.165, 1.54) is 11.3 Å². The van der Waals surface area contributed by atoms with Gasteiger partial charge in [-0.1, -0.05) is 19.4 Å². The molecule has 2 amide bonds. The Morgan fingerprint density at radius 3 is 2.50 bits per heavy atom. The maximum Gasteiger partial charge on any atom is 0.265 e. The number of hydrogen-bond acceptors (Lipinski definition) is 4. The first-order valence-corrected chi connectivity index (χ1v) is 8.88. The van der Waals surface area contributed by atoms with Gasteiger partial charge in [0.2, 0.25) is 0 Å². The summed E-state index contributed by atoms with van der Waals surface area (Å²) in [4.78, 5) is 26.8. The van der Waals surface area contributed by atoms with Crippen molar-refractivity contribution in [1.29, 1.82) is 0 Å². The number of benzene rings is 1. The maximum atomic E-state index is 12.5. The number of hydrogen-bond donors (Lipinski definition) is 2. The van der Waals surface area contributed by atoms with Crippen LogP contribution in [-0.2, 0) is 0 Å². The molecule has 2 rings (SSSR count). The van der Waals surface area contributed by atoms with Crippen molar-refractivity contribution in [2.24, 2.45) is 0 Å². The van der Waals surface area contributed by atoms with Crippen LogP contribution in [0, 0.1) is 0 Å². The van der Waals surface area contributed by atoms with Crippen LogP contribution >= 0.6 is 11.3 Å². The monoisotopic (exact) mass is 346 g/mol. The molecular formula is C18H22N2O3S. The van der Waals surface area contributed by atoms with E-state index in [2.05, 4.69) is 12.2 Å². The summed E-state index contributed by atoms with van der Waals surface area (Å²) in [5.41, 5.74) is 1.20. The molecule has 24 heavy (non-hydrogen) atoms. The molecule has 1 aromatic heterocycles. The molecule has 2 N–H and O–H groups in total. The molecule has 0 radical (unpaired) electrons. The number of carbonyl (C=O) groups excluding carboxylic acids is 2. The highest BCUT2D eigenvalue weighted by molar-refractivity contribution is 7.12. The lowest BCUT2D eigenvalue weighted by atomic mass is 10.1. The molecule has 0 fully saturated rings. The van der Waals surface area contributed by atoms with E-state index in [9.17, 15) is 9.59 Å². The van der Waals surface area contributed by atoms with Gasteiger partial charge < -0.3 is 15.3 Å². The zero-order valence-corrected chi connectivity index (χ0v) is 14.5. The SMILES string of the molecule is CCCCN(CCO)C(=O)c1ccc(NC(=O)c2cccs2)cc1. The van der Waals surface area contributed by atoms with Gasteiger partial charge in [0.1, 0.15) is 0 Å². The fraction of sp³-hybridized carbons (Fsp3) is 0.333. The van der Waals surface area contributed by atoms with Gasteiger partial charge in [0.25, 0.3) is 11.8 Å². The predicted octanol–water partition coefficient (Wildman–Crippen LogP) is 3.24. The van der Waals surface area contributed by atoms with Crippen molar-refractivity contribution in [3.8, 4) is 0 Å². The molecule has 0 aliphatic rings. The van der Waals surface area contributed by atoms with Crippen LogP contribution in [0.2, 0.25) is 0 Å². The number of aliphatic hydroxyl groups is 1. The summed E-state index contributed by atoms with van der Waals surface area (Å²) in [6.07, 6.45) is 1.89. The summed E-state index contributed by atoms with van der Waals surface area (Å²) < 4.78 is 0. The fourth-order valence-electron chi connectivity index (χ4n) is 2.26. The molecular weight excluding hydrogens is 324 g/mol. The number of amides is 2. The first-order chi connectivity index (χ1) is 11.7. The van der Waals surface area contributed by atoms with Crippen molar-refractivity contribution in [3.05, 3.63) is 52.2 Å². The molecule has 0 aliphatic heterocycles. The summed E-state index contributed by atoms with van der Waals surface area (Å²) in [6, 6.07) is 10.4. The molecule has 0 spiro atoms. The van der Waals surface area contributed by atoms with Gasteiger partial charge in [-0.25, -0.2) is 0 Å². The zero-order valence-electron chi connectivity index (χ0n) is 13.7. The van der Waals surface area contributed by atoms with E-state index in [0.717, 1.165) is 12.8 Å². The van der Waals surface area contributed by atoms with Gasteiger partial charge >= 0.3 is 0 Å². The summed E-state index contributed by atoms with van der Waals surface area (Å²) in [6.45, 7) is 2.97. The minimum Gasteiger partial charge on any atom is -0.395 e. The van der Waals surface area contributed by atoms with Crippen LogP contribution in [0.25, 0.3) is 0 Å². The number of rotatable bonds is 8. The van der Waals surface area contributed by atoms with Crippen LogP contribution in [0.3, 0.4) is 0 Å². The van der Waals surface area contributed by atoms with Crippen LogP contribution in [-0.4, -0.2) is 41.5 Å². The Bertz CT molecular complexity index is 653. The molecule has 0 atom stereocenters. The molecule has 0 bridgehead atoms. The van der Waals surface area contributed by atoms with Gasteiger partial charge in [-0.2, -0.15) is 0 Å². The average molecular weight is 346 g/mol. The van der Waals surface area contributed by atoms with Gasteiger partial charge in [-0.3, -0.25) is 9.59 Å². The molecule has 0 aliphatic carbocycles. The van der Waals surface area contributed by atoms with Crippen LogP contribution in [0.15, 0.2) is 41.8 Å². The number of thiophene rings is 1. The molecule has 0 saturated heterocycles. The Morgan fingerprint density at radius 2 is 1.92 bits per heavy atom. The van der Waals surface area contributed by atoms with Gasteiger partial charge in [0.05, 0.1) is 11.5 Å². The van der Waals surface area contributed by atoms with E-state index in [1.807, 2.05) is 11.4 Å². The number of aliphatic hydroxyl groups excluding tert-OH is 1. The normalized spacial score (nSPS) is 10.4. The lowest BCUT2D eigenvalue weighted by Crippen LogP contribution is -2.34. The highest BCUT2D eigenvalue weighted by atomic mass is 32.1. The standard InChI is InChI=1S/C18H22N2O3S/c1-2-3-10-20(11-12-21)18(23)14-6-8-15(9-7-14)19-17(22)16-5-4-13-24-16/h4-9,13,21H,2-3,10-12H2,1H3,(H,19,22). The average Bonchev–Trinajstić information content (AvgIpc) is 3.13. The third kappa shape index (κ3) is 4.91. The number of unbranched alkanes of at least 4 members (excludes halogenated alkanes) is 1. The van der Waals surface area contributed by atoms with Crippen LogP contribution in [0.1, 0.15) is 39.8 Å². The summed E-state index contributed by atoms with van der Waals surface area (Å²) >= 11 is 1.38. The van der Waals surface area contributed by atoms with E-state index in [-0.39, 0.29) is 18.4 Å². The third-order valence-corrected chi connectivity index (χ3v) is 4.44. The van der Waals surface area contributed by atoms with Gasteiger partial charge in [0.15, 0.2) is 0 Å². The topological polar surface area (TPSA) is 69.6 Å². The third-order valence-electron chi connectivity index (χ3n) is 3.57. The molecule has 6 heteroatoms. The molecule has 5 nitrogen and oxygen atoms in total. The lowest BCUT2D eigenvalue weighted by Gasteiger charge is -2.21. The van der Waals surface area contributed by atoms with Gasteiger partial charge in [-0.15, -0.1) is 11.3 Å². The second kappa shape index (κ2) is 9.20. The van der Waals surface area contributed by atoms with Crippen molar-refractivity contribution >= 4 is 28.8 Å². The Kier molecular flexibility index (Phi) is 6.96. The molecule has 1 aromatic carbocycles. The van der Waals surface area contributed by atoms with Crippen molar-refractivity contribution in [2.45, 2.75) is 19.8 Å². The zero-order chi connectivity index (χ0) is 17.4. The minimum atomic E-state index is -0.158. The quantitative estimate of drug-likeness (QED) is 0.771. The lowest BCUT2D eigenvalue weighted by molar-refractivity contribution is 0.0719. The molecule has 0 unspecified atom stereocenters. The molecule has 2 aromatic rings. The smallest absolute Gasteiger partial charge is 0.265 e. The molecule has 1 heterocycles. The second-order valence-corrected chi connectivity index (χ2v) is 6.33. The van der Waals surface area contributed by atoms with Crippen molar-refractivity contribution in [1.82, 2.24) is 4.90 Å². The molecule has 0 saturated carbocycles. The fourth-order valence-corrected chi connectivity index (χ4v) is 2.88. The first kappa shape index (κ1) is 18.2.